The van der Waals surface area contributed by atoms with Crippen molar-refractivity contribution >= 4 is 26.5 Å². The summed E-state index contributed by atoms with van der Waals surface area (Å²) in [5.74, 6) is 0. The maximum absolute atomic E-state index is 11.4. The summed E-state index contributed by atoms with van der Waals surface area (Å²) < 4.78 is 23.0. The topological polar surface area (TPSA) is 88.3 Å². The zero-order chi connectivity index (χ0) is 13.5. The molecule has 0 radical (unpaired) electrons. The molecule has 0 bridgehead atoms. The van der Waals surface area contributed by atoms with Crippen LogP contribution in [0, 0.1) is 6.92 Å². The van der Waals surface area contributed by atoms with E-state index in [0.29, 0.717) is 17.8 Å². The van der Waals surface area contributed by atoms with Gasteiger partial charge in [0.25, 0.3) is 0 Å². The van der Waals surface area contributed by atoms with E-state index in [-0.39, 0.29) is 4.21 Å². The number of primary sulfonamides is 1. The summed E-state index contributed by atoms with van der Waals surface area (Å²) in [7, 11) is -3.67. The Bertz CT molecular complexity index is 540. The summed E-state index contributed by atoms with van der Waals surface area (Å²) in [6, 6.07) is 0.656. The molecular weight excluding hydrogens is 272 g/mol. The Balaban J connectivity index is 2.34. The second kappa shape index (κ2) is 4.76. The first-order valence-electron chi connectivity index (χ1n) is 5.79. The average molecular weight is 290 g/mol. The van der Waals surface area contributed by atoms with Crippen LogP contribution in [0.15, 0.2) is 4.21 Å². The van der Waals surface area contributed by atoms with E-state index in [4.69, 9.17) is 5.14 Å². The monoisotopic (exact) mass is 290 g/mol. The number of rotatable bonds is 2. The molecule has 0 aliphatic carbocycles. The number of hydrogen-bond acceptors (Lipinski definition) is 6. The maximum Gasteiger partial charge on any atom is 0.249 e. The fourth-order valence-corrected chi connectivity index (χ4v) is 4.10. The molecule has 0 spiro atoms. The Morgan fingerprint density at radius 2 is 2.17 bits per heavy atom. The quantitative estimate of drug-likeness (QED) is 0.817. The molecule has 2 heterocycles. The number of nitrogens with zero attached hydrogens (tertiary/aromatic N) is 2. The molecule has 6 nitrogen and oxygen atoms in total. The SMILES string of the molecule is Cc1nc(N2CC(C)NCC2C)sc1S(N)(=O)=O. The van der Waals surface area contributed by atoms with Gasteiger partial charge >= 0.3 is 0 Å². The highest BCUT2D eigenvalue weighted by molar-refractivity contribution is 7.91. The highest BCUT2D eigenvalue weighted by Gasteiger charge is 2.27. The van der Waals surface area contributed by atoms with Crippen molar-refractivity contribution in [2.24, 2.45) is 5.14 Å². The largest absolute Gasteiger partial charge is 0.343 e. The Hall–Kier alpha value is -0.700. The average Bonchev–Trinajstić information content (AvgIpc) is 2.63. The zero-order valence-corrected chi connectivity index (χ0v) is 12.3. The molecule has 1 aliphatic rings. The summed E-state index contributed by atoms with van der Waals surface area (Å²) in [6.07, 6.45) is 0. The van der Waals surface area contributed by atoms with Crippen LogP contribution in [0.3, 0.4) is 0 Å². The number of nitrogens with two attached hydrogens (primary N) is 1. The summed E-state index contributed by atoms with van der Waals surface area (Å²) in [4.78, 5) is 6.48. The Labute approximate surface area is 111 Å². The first-order chi connectivity index (χ1) is 8.29. The molecule has 102 valence electrons. The van der Waals surface area contributed by atoms with E-state index in [9.17, 15) is 8.42 Å². The fourth-order valence-electron chi connectivity index (χ4n) is 2.04. The van der Waals surface area contributed by atoms with Crippen LogP contribution < -0.4 is 15.4 Å². The first kappa shape index (κ1) is 13.7. The van der Waals surface area contributed by atoms with Crippen LogP contribution in [0.2, 0.25) is 0 Å². The third kappa shape index (κ3) is 2.66. The van der Waals surface area contributed by atoms with E-state index in [2.05, 4.69) is 29.0 Å². The predicted octanol–water partition coefficient (Wildman–Crippen LogP) is 0.286. The van der Waals surface area contributed by atoms with Gasteiger partial charge in [-0.1, -0.05) is 11.3 Å². The van der Waals surface area contributed by atoms with Gasteiger partial charge in [0.2, 0.25) is 10.0 Å². The minimum absolute atomic E-state index is 0.163. The molecule has 1 fully saturated rings. The normalized spacial score (nSPS) is 25.4. The lowest BCUT2D eigenvalue weighted by molar-refractivity contribution is 0.424. The standard InChI is InChI=1S/C10H18N4O2S2/c1-6-5-14(7(2)4-12-6)10-13-8(3)9(17-10)18(11,15)16/h6-7,12H,4-5H2,1-3H3,(H2,11,15,16). The molecule has 1 aromatic rings. The van der Waals surface area contributed by atoms with E-state index in [1.807, 2.05) is 0 Å². The van der Waals surface area contributed by atoms with Gasteiger partial charge in [0.1, 0.15) is 0 Å². The second-order valence-electron chi connectivity index (χ2n) is 4.72. The predicted molar refractivity (Wildman–Crippen MR) is 72.5 cm³/mol. The lowest BCUT2D eigenvalue weighted by Crippen LogP contribution is -2.54. The van der Waals surface area contributed by atoms with Gasteiger partial charge in [0.05, 0.1) is 5.69 Å². The van der Waals surface area contributed by atoms with Crippen LogP contribution in [0.25, 0.3) is 0 Å². The van der Waals surface area contributed by atoms with Gasteiger partial charge in [0, 0.05) is 25.2 Å². The van der Waals surface area contributed by atoms with Crippen molar-refractivity contribution in [1.82, 2.24) is 10.3 Å². The minimum atomic E-state index is -3.67. The molecule has 1 saturated heterocycles. The van der Waals surface area contributed by atoms with E-state index < -0.39 is 10.0 Å². The van der Waals surface area contributed by atoms with E-state index >= 15 is 0 Å². The minimum Gasteiger partial charge on any atom is -0.343 e. The third-order valence-electron chi connectivity index (χ3n) is 3.01. The van der Waals surface area contributed by atoms with Gasteiger partial charge in [0.15, 0.2) is 9.34 Å². The Morgan fingerprint density at radius 3 is 2.72 bits per heavy atom. The number of anilines is 1. The lowest BCUT2D eigenvalue weighted by Gasteiger charge is -2.37. The third-order valence-corrected chi connectivity index (χ3v) is 5.76. The van der Waals surface area contributed by atoms with Gasteiger partial charge in [-0.2, -0.15) is 0 Å². The molecule has 0 amide bonds. The fraction of sp³-hybridized carbons (Fsp3) is 0.700. The molecule has 2 atom stereocenters. The number of hydrogen-bond donors (Lipinski definition) is 2. The molecule has 8 heteroatoms. The molecule has 2 rings (SSSR count). The number of sulfonamides is 1. The van der Waals surface area contributed by atoms with Crippen LogP contribution >= 0.6 is 11.3 Å². The van der Waals surface area contributed by atoms with E-state index in [1.54, 1.807) is 6.92 Å². The molecule has 0 saturated carbocycles. The van der Waals surface area contributed by atoms with Crippen molar-refractivity contribution in [1.29, 1.82) is 0 Å². The highest BCUT2D eigenvalue weighted by atomic mass is 32.2. The first-order valence-corrected chi connectivity index (χ1v) is 8.15. The smallest absolute Gasteiger partial charge is 0.249 e. The second-order valence-corrected chi connectivity index (χ2v) is 7.46. The van der Waals surface area contributed by atoms with Gasteiger partial charge in [-0.15, -0.1) is 0 Å². The van der Waals surface area contributed by atoms with Crippen molar-refractivity contribution in [3.05, 3.63) is 5.69 Å². The summed E-state index contributed by atoms with van der Waals surface area (Å²) in [6.45, 7) is 7.55. The number of piperazine rings is 1. The number of aryl methyl sites for hydroxylation is 1. The van der Waals surface area contributed by atoms with Crippen LogP contribution in [0.1, 0.15) is 19.5 Å². The number of nitrogens with one attached hydrogen (secondary N) is 1. The zero-order valence-electron chi connectivity index (χ0n) is 10.7. The number of thiazole rings is 1. The Kier molecular flexibility index (Phi) is 3.63. The summed E-state index contributed by atoms with van der Waals surface area (Å²) >= 11 is 1.15. The van der Waals surface area contributed by atoms with Crippen molar-refractivity contribution < 1.29 is 8.42 Å². The molecule has 2 unspecified atom stereocenters. The van der Waals surface area contributed by atoms with Crippen molar-refractivity contribution in [2.45, 2.75) is 37.1 Å². The molecule has 18 heavy (non-hydrogen) atoms. The van der Waals surface area contributed by atoms with Crippen LogP contribution in [-0.4, -0.2) is 38.6 Å². The summed E-state index contributed by atoms with van der Waals surface area (Å²) in [5, 5.41) is 9.28. The van der Waals surface area contributed by atoms with Gasteiger partial charge in [-0.25, -0.2) is 18.5 Å². The molecule has 1 aliphatic heterocycles. The summed E-state index contributed by atoms with van der Waals surface area (Å²) in [5.41, 5.74) is 0.482. The maximum atomic E-state index is 11.4. The van der Waals surface area contributed by atoms with E-state index in [0.717, 1.165) is 29.6 Å². The van der Waals surface area contributed by atoms with Crippen molar-refractivity contribution in [3.63, 3.8) is 0 Å². The molecule has 1 aromatic heterocycles. The van der Waals surface area contributed by atoms with Crippen molar-refractivity contribution in [2.75, 3.05) is 18.0 Å². The number of aromatic nitrogens is 1. The lowest BCUT2D eigenvalue weighted by atomic mass is 10.1. The molecule has 3 N–H and O–H groups in total. The van der Waals surface area contributed by atoms with Gasteiger partial charge < -0.3 is 10.2 Å². The van der Waals surface area contributed by atoms with E-state index in [1.165, 1.54) is 0 Å². The van der Waals surface area contributed by atoms with Crippen LogP contribution in [0.5, 0.6) is 0 Å². The Morgan fingerprint density at radius 1 is 1.50 bits per heavy atom. The molecule has 0 aromatic carbocycles. The van der Waals surface area contributed by atoms with Crippen LogP contribution in [0.4, 0.5) is 5.13 Å². The highest BCUT2D eigenvalue weighted by Crippen LogP contribution is 2.30. The molecular formula is C10H18N4O2S2. The van der Waals surface area contributed by atoms with Crippen molar-refractivity contribution in [3.8, 4) is 0 Å². The van der Waals surface area contributed by atoms with Gasteiger partial charge in [-0.05, 0) is 20.8 Å². The van der Waals surface area contributed by atoms with Crippen LogP contribution in [-0.2, 0) is 10.0 Å². The van der Waals surface area contributed by atoms with Gasteiger partial charge in [-0.3, -0.25) is 0 Å².